The zero-order chi connectivity index (χ0) is 24.2. The second kappa shape index (κ2) is 10.8. The molecule has 3 aromatic rings. The summed E-state index contributed by atoms with van der Waals surface area (Å²) in [5, 5.41) is 0.592. The minimum Gasteiger partial charge on any atom is -0.497 e. The molecule has 1 amide bonds. The van der Waals surface area contributed by atoms with E-state index >= 15 is 0 Å². The second-order valence-corrected chi connectivity index (χ2v) is 10.0. The molecule has 3 aromatic carbocycles. The Bertz CT molecular complexity index is 1270. The van der Waals surface area contributed by atoms with Crippen LogP contribution in [0, 0.1) is 5.82 Å². The Morgan fingerprint density at radius 2 is 1.79 bits per heavy atom. The van der Waals surface area contributed by atoms with Gasteiger partial charge < -0.3 is 9.47 Å². The monoisotopic (exact) mass is 604 g/mol. The van der Waals surface area contributed by atoms with Crippen LogP contribution in [0.5, 0.6) is 11.5 Å². The van der Waals surface area contributed by atoms with Gasteiger partial charge in [-0.3, -0.25) is 9.69 Å². The Morgan fingerprint density at radius 1 is 1.09 bits per heavy atom. The van der Waals surface area contributed by atoms with Gasteiger partial charge in [0.15, 0.2) is 5.17 Å². The molecule has 0 aliphatic carbocycles. The van der Waals surface area contributed by atoms with Gasteiger partial charge in [0, 0.05) is 7.05 Å². The fourth-order valence-corrected chi connectivity index (χ4v) is 5.59. The van der Waals surface area contributed by atoms with Crippen molar-refractivity contribution in [3.63, 3.8) is 0 Å². The van der Waals surface area contributed by atoms with Crippen LogP contribution in [-0.4, -0.2) is 30.1 Å². The standard InChI is InChI=1S/C25H19Br2FN2O3S/c1-30-24(31)22(34-25(30)29-18-6-8-19(32-2)9-7-18)13-16-11-20(26)23(21(27)12-16)33-14-15-4-3-5-17(28)10-15/h3-13H,14H2,1-2H3/b22-13-,29-25?. The van der Waals surface area contributed by atoms with Crippen molar-refractivity contribution in [3.8, 4) is 11.5 Å². The second-order valence-electron chi connectivity index (χ2n) is 7.30. The number of amidine groups is 1. The van der Waals surface area contributed by atoms with Gasteiger partial charge in [0.05, 0.1) is 26.6 Å². The van der Waals surface area contributed by atoms with Crippen LogP contribution in [0.15, 0.2) is 79.5 Å². The lowest BCUT2D eigenvalue weighted by molar-refractivity contribution is -0.121. The van der Waals surface area contributed by atoms with Crippen LogP contribution in [0.1, 0.15) is 11.1 Å². The Kier molecular flexibility index (Phi) is 7.75. The highest BCUT2D eigenvalue weighted by Gasteiger charge is 2.30. The summed E-state index contributed by atoms with van der Waals surface area (Å²) in [5.74, 6) is 0.902. The number of hydrogen-bond acceptors (Lipinski definition) is 5. The van der Waals surface area contributed by atoms with Gasteiger partial charge >= 0.3 is 0 Å². The molecule has 174 valence electrons. The molecule has 4 rings (SSSR count). The molecule has 1 aliphatic rings. The van der Waals surface area contributed by atoms with E-state index in [1.807, 2.05) is 42.5 Å². The van der Waals surface area contributed by atoms with Crippen molar-refractivity contribution in [2.75, 3.05) is 14.2 Å². The fraction of sp³-hybridized carbons (Fsp3) is 0.120. The molecule has 34 heavy (non-hydrogen) atoms. The van der Waals surface area contributed by atoms with Crippen molar-refractivity contribution < 1.29 is 18.7 Å². The van der Waals surface area contributed by atoms with E-state index in [1.165, 1.54) is 28.8 Å². The highest BCUT2D eigenvalue weighted by molar-refractivity contribution is 9.11. The van der Waals surface area contributed by atoms with Crippen molar-refractivity contribution in [2.24, 2.45) is 4.99 Å². The third kappa shape index (κ3) is 5.71. The van der Waals surface area contributed by atoms with Gasteiger partial charge in [0.2, 0.25) is 0 Å². The molecule has 0 radical (unpaired) electrons. The highest BCUT2D eigenvalue weighted by Crippen LogP contribution is 2.38. The van der Waals surface area contributed by atoms with Gasteiger partial charge in [-0.15, -0.1) is 0 Å². The molecule has 0 bridgehead atoms. The number of benzene rings is 3. The molecule has 0 atom stereocenters. The van der Waals surface area contributed by atoms with Crippen molar-refractivity contribution in [1.29, 1.82) is 0 Å². The number of ether oxygens (including phenoxy) is 2. The summed E-state index contributed by atoms with van der Waals surface area (Å²) >= 11 is 8.38. The number of nitrogens with zero attached hydrogens (tertiary/aromatic N) is 2. The molecule has 1 aliphatic heterocycles. The number of methoxy groups -OCH3 is 1. The van der Waals surface area contributed by atoms with Crippen molar-refractivity contribution in [3.05, 3.63) is 91.5 Å². The van der Waals surface area contributed by atoms with E-state index in [1.54, 1.807) is 26.3 Å². The molecule has 1 heterocycles. The minimum atomic E-state index is -0.306. The first kappa shape index (κ1) is 24.5. The van der Waals surface area contributed by atoms with E-state index in [4.69, 9.17) is 9.47 Å². The molecule has 5 nitrogen and oxygen atoms in total. The summed E-state index contributed by atoms with van der Waals surface area (Å²) < 4.78 is 25.9. The zero-order valence-electron chi connectivity index (χ0n) is 18.2. The minimum absolute atomic E-state index is 0.129. The van der Waals surface area contributed by atoms with Crippen LogP contribution < -0.4 is 9.47 Å². The molecular weight excluding hydrogens is 587 g/mol. The molecule has 9 heteroatoms. The number of hydrogen-bond donors (Lipinski definition) is 0. The quantitative estimate of drug-likeness (QED) is 0.280. The van der Waals surface area contributed by atoms with Crippen LogP contribution in [0.3, 0.4) is 0 Å². The number of halogens is 3. The number of carbonyl (C=O) groups excluding carboxylic acids is 1. The summed E-state index contributed by atoms with van der Waals surface area (Å²) in [7, 11) is 3.31. The number of likely N-dealkylation sites (N-methyl/N-ethyl adjacent to an activating group) is 1. The third-order valence-corrected chi connectivity index (χ3v) is 7.13. The summed E-state index contributed by atoms with van der Waals surface area (Å²) in [6, 6.07) is 17.3. The highest BCUT2D eigenvalue weighted by atomic mass is 79.9. The normalized spacial score (nSPS) is 15.9. The van der Waals surface area contributed by atoms with Crippen LogP contribution >= 0.6 is 43.6 Å². The Morgan fingerprint density at radius 3 is 2.44 bits per heavy atom. The summed E-state index contributed by atoms with van der Waals surface area (Å²) in [5.41, 5.74) is 2.27. The molecule has 1 fully saturated rings. The maximum atomic E-state index is 13.4. The topological polar surface area (TPSA) is 51.1 Å². The van der Waals surface area contributed by atoms with E-state index in [0.717, 1.165) is 22.6 Å². The Hall–Kier alpha value is -2.62. The average Bonchev–Trinajstić information content (AvgIpc) is 3.06. The van der Waals surface area contributed by atoms with Crippen molar-refractivity contribution in [1.82, 2.24) is 4.90 Å². The van der Waals surface area contributed by atoms with E-state index in [2.05, 4.69) is 36.9 Å². The number of aliphatic imine (C=N–C) groups is 1. The van der Waals surface area contributed by atoms with Gasteiger partial charge in [-0.25, -0.2) is 9.38 Å². The van der Waals surface area contributed by atoms with E-state index in [0.29, 0.717) is 24.8 Å². The maximum absolute atomic E-state index is 13.4. The smallest absolute Gasteiger partial charge is 0.266 e. The SMILES string of the molecule is COc1ccc(N=C2S/C(=C\c3cc(Br)c(OCc4cccc(F)c4)c(Br)c3)C(=O)N2C)cc1. The van der Waals surface area contributed by atoms with E-state index in [9.17, 15) is 9.18 Å². The van der Waals surface area contributed by atoms with Crippen molar-refractivity contribution >= 4 is 66.5 Å². The third-order valence-electron chi connectivity index (χ3n) is 4.89. The maximum Gasteiger partial charge on any atom is 0.266 e. The van der Waals surface area contributed by atoms with Gasteiger partial charge in [-0.2, -0.15) is 0 Å². The summed E-state index contributed by atoms with van der Waals surface area (Å²) in [6.07, 6.45) is 1.81. The Balaban J connectivity index is 1.52. The number of thioether (sulfide) groups is 1. The van der Waals surface area contributed by atoms with Gasteiger partial charge in [-0.05, 0) is 109 Å². The molecule has 0 spiro atoms. The van der Waals surface area contributed by atoms with Crippen LogP contribution in [0.25, 0.3) is 6.08 Å². The summed E-state index contributed by atoms with van der Waals surface area (Å²) in [4.78, 5) is 19.5. The molecule has 0 unspecified atom stereocenters. The van der Waals surface area contributed by atoms with E-state index < -0.39 is 0 Å². The molecule has 0 saturated carbocycles. The predicted octanol–water partition coefficient (Wildman–Crippen LogP) is 7.17. The molecular formula is C25H19Br2FN2O3S. The van der Waals surface area contributed by atoms with Gasteiger partial charge in [-0.1, -0.05) is 12.1 Å². The van der Waals surface area contributed by atoms with Crippen LogP contribution in [0.4, 0.5) is 10.1 Å². The fourth-order valence-electron chi connectivity index (χ4n) is 3.15. The lowest BCUT2D eigenvalue weighted by atomic mass is 10.2. The summed E-state index contributed by atoms with van der Waals surface area (Å²) in [6.45, 7) is 0.222. The number of rotatable bonds is 6. The van der Waals surface area contributed by atoms with Crippen LogP contribution in [-0.2, 0) is 11.4 Å². The van der Waals surface area contributed by atoms with Crippen molar-refractivity contribution in [2.45, 2.75) is 6.61 Å². The molecule has 0 aromatic heterocycles. The number of amides is 1. The average molecular weight is 606 g/mol. The first-order valence-corrected chi connectivity index (χ1v) is 12.5. The Labute approximate surface area is 217 Å². The van der Waals surface area contributed by atoms with E-state index in [-0.39, 0.29) is 18.3 Å². The first-order valence-electron chi connectivity index (χ1n) is 10.1. The lowest BCUT2D eigenvalue weighted by Gasteiger charge is -2.12. The largest absolute Gasteiger partial charge is 0.497 e. The van der Waals surface area contributed by atoms with Gasteiger partial charge in [0.25, 0.3) is 5.91 Å². The zero-order valence-corrected chi connectivity index (χ0v) is 22.2. The molecule has 0 N–H and O–H groups in total. The predicted molar refractivity (Wildman–Crippen MR) is 141 cm³/mol. The first-order chi connectivity index (χ1) is 16.3. The van der Waals surface area contributed by atoms with Crippen LogP contribution in [0.2, 0.25) is 0 Å². The lowest BCUT2D eigenvalue weighted by Crippen LogP contribution is -2.23. The molecule has 1 saturated heterocycles. The number of carbonyl (C=O) groups is 1. The van der Waals surface area contributed by atoms with Gasteiger partial charge in [0.1, 0.15) is 23.9 Å².